The van der Waals surface area contributed by atoms with E-state index in [1.54, 1.807) is 7.11 Å². The van der Waals surface area contributed by atoms with Crippen LogP contribution in [-0.2, 0) is 9.53 Å². The number of carbonyl (C=O) groups is 1. The smallest absolute Gasteiger partial charge is 0.234 e. The molecule has 17 heavy (non-hydrogen) atoms. The summed E-state index contributed by atoms with van der Waals surface area (Å²) in [5.74, 6) is 0.104. The standard InChI is InChI=1S/C13H26N2O2/c1-4-5-10(2)15-13(16)9-14-11-6-7-12(8-11)17-3/h10-12,14H,4-9H2,1-3H3,(H,15,16). The molecule has 0 aromatic heterocycles. The highest BCUT2D eigenvalue weighted by Gasteiger charge is 2.24. The SMILES string of the molecule is CCCC(C)NC(=O)CNC1CCC(OC)C1. The second-order valence-corrected chi connectivity index (χ2v) is 5.01. The van der Waals surface area contributed by atoms with Crippen molar-refractivity contribution in [1.29, 1.82) is 0 Å². The van der Waals surface area contributed by atoms with Gasteiger partial charge in [-0.3, -0.25) is 4.79 Å². The van der Waals surface area contributed by atoms with Gasteiger partial charge in [-0.2, -0.15) is 0 Å². The fraction of sp³-hybridized carbons (Fsp3) is 0.923. The van der Waals surface area contributed by atoms with Crippen LogP contribution in [0.15, 0.2) is 0 Å². The lowest BCUT2D eigenvalue weighted by atomic mass is 10.2. The maximum Gasteiger partial charge on any atom is 0.234 e. The number of ether oxygens (including phenoxy) is 1. The molecule has 4 heteroatoms. The number of rotatable bonds is 7. The Morgan fingerprint density at radius 1 is 1.47 bits per heavy atom. The molecule has 1 aliphatic rings. The lowest BCUT2D eigenvalue weighted by Crippen LogP contribution is -2.41. The first-order valence-electron chi connectivity index (χ1n) is 6.71. The van der Waals surface area contributed by atoms with Crippen molar-refractivity contribution in [2.45, 2.75) is 64.1 Å². The molecule has 3 atom stereocenters. The first-order chi connectivity index (χ1) is 8.15. The molecular weight excluding hydrogens is 216 g/mol. The molecule has 1 rings (SSSR count). The number of methoxy groups -OCH3 is 1. The van der Waals surface area contributed by atoms with Crippen molar-refractivity contribution in [1.82, 2.24) is 10.6 Å². The van der Waals surface area contributed by atoms with Crippen molar-refractivity contribution in [2.24, 2.45) is 0 Å². The highest BCUT2D eigenvalue weighted by Crippen LogP contribution is 2.20. The minimum absolute atomic E-state index is 0.104. The lowest BCUT2D eigenvalue weighted by Gasteiger charge is -2.15. The molecule has 1 saturated carbocycles. The molecule has 0 aromatic rings. The molecule has 0 heterocycles. The molecule has 0 spiro atoms. The van der Waals surface area contributed by atoms with Crippen LogP contribution in [0, 0.1) is 0 Å². The van der Waals surface area contributed by atoms with E-state index in [0.29, 0.717) is 18.7 Å². The van der Waals surface area contributed by atoms with E-state index >= 15 is 0 Å². The van der Waals surface area contributed by atoms with Crippen LogP contribution in [0.5, 0.6) is 0 Å². The van der Waals surface area contributed by atoms with Crippen molar-refractivity contribution >= 4 is 5.91 Å². The lowest BCUT2D eigenvalue weighted by molar-refractivity contribution is -0.121. The molecule has 4 nitrogen and oxygen atoms in total. The summed E-state index contributed by atoms with van der Waals surface area (Å²) in [4.78, 5) is 11.6. The Balaban J connectivity index is 2.12. The Hall–Kier alpha value is -0.610. The van der Waals surface area contributed by atoms with Crippen LogP contribution >= 0.6 is 0 Å². The first kappa shape index (κ1) is 14.5. The van der Waals surface area contributed by atoms with Crippen LogP contribution in [0.2, 0.25) is 0 Å². The average molecular weight is 242 g/mol. The molecule has 3 unspecified atom stereocenters. The number of amides is 1. The molecule has 0 radical (unpaired) electrons. The van der Waals surface area contributed by atoms with E-state index in [1.807, 2.05) is 0 Å². The minimum Gasteiger partial charge on any atom is -0.381 e. The van der Waals surface area contributed by atoms with Gasteiger partial charge in [-0.1, -0.05) is 13.3 Å². The fourth-order valence-electron chi connectivity index (χ4n) is 2.41. The van der Waals surface area contributed by atoms with E-state index in [2.05, 4.69) is 24.5 Å². The largest absolute Gasteiger partial charge is 0.381 e. The van der Waals surface area contributed by atoms with Gasteiger partial charge < -0.3 is 15.4 Å². The van der Waals surface area contributed by atoms with Crippen molar-refractivity contribution in [3.05, 3.63) is 0 Å². The normalized spacial score (nSPS) is 25.8. The van der Waals surface area contributed by atoms with E-state index in [9.17, 15) is 4.79 Å². The summed E-state index contributed by atoms with van der Waals surface area (Å²) >= 11 is 0. The number of nitrogens with one attached hydrogen (secondary N) is 2. The predicted octanol–water partition coefficient (Wildman–Crippen LogP) is 1.45. The van der Waals surface area contributed by atoms with Crippen LogP contribution in [0.1, 0.15) is 46.0 Å². The molecular formula is C13H26N2O2. The Labute approximate surface area is 104 Å². The van der Waals surface area contributed by atoms with Crippen LogP contribution < -0.4 is 10.6 Å². The average Bonchev–Trinajstić information content (AvgIpc) is 2.74. The fourth-order valence-corrected chi connectivity index (χ4v) is 2.41. The van der Waals surface area contributed by atoms with Gasteiger partial charge in [0.2, 0.25) is 5.91 Å². The second-order valence-electron chi connectivity index (χ2n) is 5.01. The summed E-state index contributed by atoms with van der Waals surface area (Å²) in [5, 5.41) is 6.30. The van der Waals surface area contributed by atoms with Gasteiger partial charge >= 0.3 is 0 Å². The predicted molar refractivity (Wildman–Crippen MR) is 69.0 cm³/mol. The van der Waals surface area contributed by atoms with Crippen molar-refractivity contribution < 1.29 is 9.53 Å². The van der Waals surface area contributed by atoms with Crippen LogP contribution in [0.25, 0.3) is 0 Å². The molecule has 0 aromatic carbocycles. The number of hydrogen-bond acceptors (Lipinski definition) is 3. The summed E-state index contributed by atoms with van der Waals surface area (Å²) in [6, 6.07) is 0.719. The Morgan fingerprint density at radius 3 is 2.82 bits per heavy atom. The van der Waals surface area contributed by atoms with Gasteiger partial charge in [-0.15, -0.1) is 0 Å². The number of carbonyl (C=O) groups excluding carboxylic acids is 1. The maximum atomic E-state index is 11.6. The summed E-state index contributed by atoms with van der Waals surface area (Å²) in [7, 11) is 1.76. The first-order valence-corrected chi connectivity index (χ1v) is 6.71. The topological polar surface area (TPSA) is 50.4 Å². The minimum atomic E-state index is 0.104. The van der Waals surface area contributed by atoms with E-state index in [1.165, 1.54) is 0 Å². The zero-order valence-electron chi connectivity index (χ0n) is 11.3. The maximum absolute atomic E-state index is 11.6. The van der Waals surface area contributed by atoms with Crippen LogP contribution in [0.3, 0.4) is 0 Å². The summed E-state index contributed by atoms with van der Waals surface area (Å²) in [5.41, 5.74) is 0. The summed E-state index contributed by atoms with van der Waals surface area (Å²) < 4.78 is 5.30. The Bertz CT molecular complexity index is 233. The van der Waals surface area contributed by atoms with Gasteiger partial charge in [0.15, 0.2) is 0 Å². The summed E-state index contributed by atoms with van der Waals surface area (Å²) in [6.45, 7) is 4.61. The van der Waals surface area contributed by atoms with Gasteiger partial charge in [-0.05, 0) is 32.6 Å². The monoisotopic (exact) mass is 242 g/mol. The van der Waals surface area contributed by atoms with Crippen LogP contribution in [-0.4, -0.2) is 37.7 Å². The van der Waals surface area contributed by atoms with E-state index in [-0.39, 0.29) is 11.9 Å². The Morgan fingerprint density at radius 2 is 2.24 bits per heavy atom. The molecule has 100 valence electrons. The second kappa shape index (κ2) is 7.67. The van der Waals surface area contributed by atoms with Crippen molar-refractivity contribution in [3.63, 3.8) is 0 Å². The molecule has 2 N–H and O–H groups in total. The molecule has 0 aliphatic heterocycles. The van der Waals surface area contributed by atoms with Crippen molar-refractivity contribution in [3.8, 4) is 0 Å². The van der Waals surface area contributed by atoms with Crippen molar-refractivity contribution in [2.75, 3.05) is 13.7 Å². The van der Waals surface area contributed by atoms with Gasteiger partial charge in [0.1, 0.15) is 0 Å². The molecule has 0 saturated heterocycles. The highest BCUT2D eigenvalue weighted by molar-refractivity contribution is 5.78. The zero-order valence-corrected chi connectivity index (χ0v) is 11.3. The summed E-state index contributed by atoms with van der Waals surface area (Å²) in [6.07, 6.45) is 5.75. The molecule has 1 aliphatic carbocycles. The quantitative estimate of drug-likeness (QED) is 0.710. The third kappa shape index (κ3) is 5.50. The van der Waals surface area contributed by atoms with Gasteiger partial charge in [0.05, 0.1) is 12.6 Å². The van der Waals surface area contributed by atoms with E-state index in [4.69, 9.17) is 4.74 Å². The number of hydrogen-bond donors (Lipinski definition) is 2. The van der Waals surface area contributed by atoms with Gasteiger partial charge in [-0.25, -0.2) is 0 Å². The van der Waals surface area contributed by atoms with Gasteiger partial charge in [0.25, 0.3) is 0 Å². The van der Waals surface area contributed by atoms with E-state index < -0.39 is 0 Å². The molecule has 1 amide bonds. The van der Waals surface area contributed by atoms with Gasteiger partial charge in [0, 0.05) is 19.2 Å². The highest BCUT2D eigenvalue weighted by atomic mass is 16.5. The van der Waals surface area contributed by atoms with E-state index in [0.717, 1.165) is 32.1 Å². The third-order valence-corrected chi connectivity index (χ3v) is 3.40. The third-order valence-electron chi connectivity index (χ3n) is 3.40. The Kier molecular flexibility index (Phi) is 6.52. The molecule has 0 bridgehead atoms. The van der Waals surface area contributed by atoms with Crippen LogP contribution in [0.4, 0.5) is 0 Å². The molecule has 1 fully saturated rings. The zero-order chi connectivity index (χ0) is 12.7.